The van der Waals surface area contributed by atoms with Gasteiger partial charge in [-0.3, -0.25) is 4.79 Å². The highest BCUT2D eigenvalue weighted by Crippen LogP contribution is 2.25. The molecule has 2 rings (SSSR count). The molecule has 1 aromatic carbocycles. The van der Waals surface area contributed by atoms with E-state index in [1.165, 1.54) is 0 Å². The van der Waals surface area contributed by atoms with Gasteiger partial charge < -0.3 is 10.6 Å². The summed E-state index contributed by atoms with van der Waals surface area (Å²) in [4.78, 5) is 12.6. The summed E-state index contributed by atoms with van der Waals surface area (Å²) < 4.78 is 24.4. The second-order valence-electron chi connectivity index (χ2n) is 4.87. The molecule has 1 saturated heterocycles. The Balaban J connectivity index is 1.95. The topological polar surface area (TPSA) is 41.1 Å². The largest absolute Gasteiger partial charge is 0.348 e. The number of benzene rings is 1. The van der Waals surface area contributed by atoms with Gasteiger partial charge in [0.15, 0.2) is 0 Å². The summed E-state index contributed by atoms with van der Waals surface area (Å²) in [7, 11) is 0. The van der Waals surface area contributed by atoms with Gasteiger partial charge in [-0.1, -0.05) is 11.8 Å². The highest BCUT2D eigenvalue weighted by Gasteiger charge is 2.22. The molecule has 1 aliphatic rings. The van der Waals surface area contributed by atoms with Crippen molar-refractivity contribution in [3.8, 4) is 0 Å². The van der Waals surface area contributed by atoms with Crippen molar-refractivity contribution in [3.05, 3.63) is 29.8 Å². The number of carbonyl (C=O) groups excluding carboxylic acids is 1. The molecule has 0 radical (unpaired) electrons. The first-order chi connectivity index (χ1) is 9.56. The van der Waals surface area contributed by atoms with E-state index in [4.69, 9.17) is 0 Å². The minimum Gasteiger partial charge on any atom is -0.348 e. The van der Waals surface area contributed by atoms with E-state index < -0.39 is 5.76 Å². The number of alkyl halides is 2. The highest BCUT2D eigenvalue weighted by molar-refractivity contribution is 7.99. The molecule has 110 valence electrons. The van der Waals surface area contributed by atoms with Gasteiger partial charge in [0.25, 0.3) is 11.7 Å². The third-order valence-corrected chi connectivity index (χ3v) is 4.14. The van der Waals surface area contributed by atoms with Gasteiger partial charge in [0.2, 0.25) is 0 Å². The number of carbonyl (C=O) groups is 1. The quantitative estimate of drug-likeness (QED) is 0.840. The van der Waals surface area contributed by atoms with Crippen LogP contribution in [0.3, 0.4) is 0 Å². The minimum atomic E-state index is -2.44. The lowest BCUT2D eigenvalue weighted by molar-refractivity contribution is 0.0920. The molecular weight excluding hydrogens is 282 g/mol. The van der Waals surface area contributed by atoms with Crippen LogP contribution >= 0.6 is 11.8 Å². The van der Waals surface area contributed by atoms with Crippen LogP contribution in [0.4, 0.5) is 8.78 Å². The van der Waals surface area contributed by atoms with E-state index in [9.17, 15) is 13.6 Å². The lowest BCUT2D eigenvalue weighted by Crippen LogP contribution is -2.51. The Kier molecular flexibility index (Phi) is 5.37. The fraction of sp³-hybridized carbons (Fsp3) is 0.500. The molecule has 0 spiro atoms. The van der Waals surface area contributed by atoms with E-state index in [2.05, 4.69) is 10.6 Å². The van der Waals surface area contributed by atoms with Crippen molar-refractivity contribution in [2.75, 3.05) is 6.54 Å². The minimum absolute atomic E-state index is 0.117. The van der Waals surface area contributed by atoms with Crippen LogP contribution in [0.5, 0.6) is 0 Å². The van der Waals surface area contributed by atoms with Gasteiger partial charge in [-0.05, 0) is 50.6 Å². The zero-order valence-corrected chi connectivity index (χ0v) is 12.1. The van der Waals surface area contributed by atoms with Crippen molar-refractivity contribution in [2.24, 2.45) is 0 Å². The normalized spacial score (nSPS) is 22.8. The monoisotopic (exact) mass is 300 g/mol. The van der Waals surface area contributed by atoms with Gasteiger partial charge in [0, 0.05) is 22.5 Å². The average Bonchev–Trinajstić information content (AvgIpc) is 2.41. The third kappa shape index (κ3) is 4.18. The number of thioether (sulfide) groups is 1. The second-order valence-corrected chi connectivity index (χ2v) is 5.93. The summed E-state index contributed by atoms with van der Waals surface area (Å²) in [5.41, 5.74) is 0.501. The van der Waals surface area contributed by atoms with Crippen molar-refractivity contribution < 1.29 is 13.6 Å². The molecule has 1 aromatic rings. The summed E-state index contributed by atoms with van der Waals surface area (Å²) in [5.74, 6) is -2.59. The fourth-order valence-electron chi connectivity index (χ4n) is 2.28. The number of halogens is 2. The van der Waals surface area contributed by atoms with E-state index in [-0.39, 0.29) is 18.0 Å². The zero-order chi connectivity index (χ0) is 14.5. The van der Waals surface area contributed by atoms with Gasteiger partial charge in [-0.25, -0.2) is 0 Å². The number of amides is 1. The van der Waals surface area contributed by atoms with Gasteiger partial charge in [0.05, 0.1) is 0 Å². The van der Waals surface area contributed by atoms with Crippen molar-refractivity contribution in [1.29, 1.82) is 0 Å². The van der Waals surface area contributed by atoms with Crippen LogP contribution in [0.25, 0.3) is 0 Å². The number of hydrogen-bond acceptors (Lipinski definition) is 3. The molecule has 1 amide bonds. The van der Waals surface area contributed by atoms with Crippen LogP contribution < -0.4 is 10.6 Å². The number of rotatable bonds is 4. The van der Waals surface area contributed by atoms with Crippen molar-refractivity contribution >= 4 is 17.7 Å². The van der Waals surface area contributed by atoms with Crippen LogP contribution in [-0.2, 0) is 0 Å². The summed E-state index contributed by atoms with van der Waals surface area (Å²) in [6.45, 7) is 3.03. The molecule has 1 aliphatic heterocycles. The summed E-state index contributed by atoms with van der Waals surface area (Å²) in [5, 5.41) is 6.31. The average molecular weight is 300 g/mol. The predicted molar refractivity (Wildman–Crippen MR) is 76.3 cm³/mol. The number of nitrogens with one attached hydrogen (secondary N) is 2. The Hall–Kier alpha value is -1.14. The molecule has 0 saturated carbocycles. The van der Waals surface area contributed by atoms with Crippen molar-refractivity contribution in [3.63, 3.8) is 0 Å². The van der Waals surface area contributed by atoms with E-state index in [1.54, 1.807) is 24.3 Å². The molecule has 2 unspecified atom stereocenters. The Labute approximate surface area is 121 Å². The van der Waals surface area contributed by atoms with Gasteiger partial charge in [-0.2, -0.15) is 8.78 Å². The van der Waals surface area contributed by atoms with E-state index in [1.807, 2.05) is 6.92 Å². The lowest BCUT2D eigenvalue weighted by atomic mass is 9.99. The van der Waals surface area contributed by atoms with Crippen LogP contribution in [-0.4, -0.2) is 30.3 Å². The smallest absolute Gasteiger partial charge is 0.288 e. The molecule has 0 bridgehead atoms. The van der Waals surface area contributed by atoms with Gasteiger partial charge in [-0.15, -0.1) is 0 Å². The lowest BCUT2D eigenvalue weighted by Gasteiger charge is -2.30. The molecule has 1 fully saturated rings. The number of hydrogen-bond donors (Lipinski definition) is 2. The predicted octanol–water partition coefficient (Wildman–Crippen LogP) is 2.87. The Morgan fingerprint density at radius 1 is 1.40 bits per heavy atom. The molecule has 20 heavy (non-hydrogen) atoms. The molecule has 0 aliphatic carbocycles. The third-order valence-electron chi connectivity index (χ3n) is 3.42. The maximum atomic E-state index is 12.2. The molecule has 2 atom stereocenters. The van der Waals surface area contributed by atoms with Gasteiger partial charge >= 0.3 is 0 Å². The fourth-order valence-corrected chi connectivity index (χ4v) is 2.78. The Morgan fingerprint density at radius 3 is 2.70 bits per heavy atom. The Morgan fingerprint density at radius 2 is 2.10 bits per heavy atom. The zero-order valence-electron chi connectivity index (χ0n) is 11.2. The first-order valence-corrected chi connectivity index (χ1v) is 7.53. The highest BCUT2D eigenvalue weighted by atomic mass is 32.2. The summed E-state index contributed by atoms with van der Waals surface area (Å²) in [6, 6.07) is 6.64. The molecular formula is C14H18F2N2OS. The van der Waals surface area contributed by atoms with Crippen LogP contribution in [0.2, 0.25) is 0 Å². The maximum absolute atomic E-state index is 12.2. The molecule has 2 N–H and O–H groups in total. The standard InChI is InChI=1S/C14H18F2N2OS/c1-9-12(3-2-8-17-9)18-13(19)10-4-6-11(7-5-10)20-14(15)16/h4-7,9,12,14,17H,2-3,8H2,1H3,(H,18,19). The SMILES string of the molecule is CC1NCCCC1NC(=O)c1ccc(SC(F)F)cc1. The van der Waals surface area contributed by atoms with E-state index >= 15 is 0 Å². The molecule has 1 heterocycles. The molecule has 6 heteroatoms. The second kappa shape index (κ2) is 7.04. The van der Waals surface area contributed by atoms with E-state index in [0.29, 0.717) is 22.2 Å². The van der Waals surface area contributed by atoms with Crippen LogP contribution in [0.1, 0.15) is 30.1 Å². The van der Waals surface area contributed by atoms with Gasteiger partial charge in [0.1, 0.15) is 0 Å². The first kappa shape index (κ1) is 15.3. The van der Waals surface area contributed by atoms with Crippen LogP contribution in [0.15, 0.2) is 29.2 Å². The summed E-state index contributed by atoms with van der Waals surface area (Å²) in [6.07, 6.45) is 2.00. The maximum Gasteiger partial charge on any atom is 0.288 e. The Bertz CT molecular complexity index is 453. The van der Waals surface area contributed by atoms with Crippen LogP contribution in [0, 0.1) is 0 Å². The van der Waals surface area contributed by atoms with Crippen molar-refractivity contribution in [1.82, 2.24) is 10.6 Å². The summed E-state index contributed by atoms with van der Waals surface area (Å²) >= 11 is 0.480. The molecule has 0 aromatic heterocycles. The first-order valence-electron chi connectivity index (χ1n) is 6.65. The van der Waals surface area contributed by atoms with Crippen molar-refractivity contribution in [2.45, 2.75) is 42.5 Å². The van der Waals surface area contributed by atoms with E-state index in [0.717, 1.165) is 19.4 Å². The molecule has 3 nitrogen and oxygen atoms in total. The number of piperidine rings is 1.